The molecule has 2 aliphatic carbocycles. The van der Waals surface area contributed by atoms with Gasteiger partial charge in [0.1, 0.15) is 99.7 Å². The number of halogens is 2. The third kappa shape index (κ3) is 29.9. The van der Waals surface area contributed by atoms with Crippen LogP contribution in [0.2, 0.25) is 0 Å². The molecule has 5 aromatic rings. The standard InChI is InChI=1S/C55H69FO13.C40H51FO8/c1-9-11-12-14-38-16-18-40(19-17-38)41-20-22-42(23-21-41)43-24-25-45(47(56)28-43)46-27-44(15-13-26-65-53(61)36(3)4)48(29-39(46)10-2)66-32-55(35-69-54(62)37(5)6,33-67-51(59)30-49(57)63-7)34-68-52(60)31-50(58)64-8;1-6-7-8-10-29-12-14-30(15-13-29)31-16-18-34(35(41)22-31)32-17-19-36(33(21-32)11-9-20-45-37(42)27(2)3)46-23-40(24-47-38(43)28(4)5)25-48-39(44)49-26-40/h20-25,27-29,38,40H,3,5,9-19,26,30-35H2,1-2,4,6-8H3;16-19,21-22,29-30H,2,4,6-15,20,23-26H2,1,3,5H3. The molecule has 3 fully saturated rings. The molecule has 1 heterocycles. The lowest BCUT2D eigenvalue weighted by Gasteiger charge is -2.35. The smallest absolute Gasteiger partial charge is 0.492 e. The van der Waals surface area contributed by atoms with Crippen LogP contribution in [0.3, 0.4) is 0 Å². The van der Waals surface area contributed by atoms with E-state index in [1.54, 1.807) is 45.0 Å². The van der Waals surface area contributed by atoms with Crippen LogP contribution < -0.4 is 9.47 Å². The van der Waals surface area contributed by atoms with Crippen LogP contribution in [0.4, 0.5) is 13.6 Å². The Morgan fingerprint density at radius 1 is 0.441 bits per heavy atom. The summed E-state index contributed by atoms with van der Waals surface area (Å²) in [7, 11) is 2.21. The Bertz CT molecular complexity index is 4250. The van der Waals surface area contributed by atoms with Gasteiger partial charge in [-0.2, -0.15) is 0 Å². The maximum absolute atomic E-state index is 16.5. The van der Waals surface area contributed by atoms with Gasteiger partial charge in [-0.05, 0) is 221 Å². The minimum atomic E-state index is -1.63. The highest BCUT2D eigenvalue weighted by molar-refractivity contribution is 5.92. The number of cyclic esters (lactones) is 2. The van der Waals surface area contributed by atoms with Crippen molar-refractivity contribution in [1.82, 2.24) is 0 Å². The first-order valence-electron chi connectivity index (χ1n) is 41.3. The lowest BCUT2D eigenvalue weighted by molar-refractivity contribution is -0.166. The van der Waals surface area contributed by atoms with Crippen molar-refractivity contribution >= 4 is 53.9 Å². The van der Waals surface area contributed by atoms with E-state index in [-0.39, 0.29) is 68.6 Å². The van der Waals surface area contributed by atoms with E-state index >= 15 is 8.78 Å². The van der Waals surface area contributed by atoms with Crippen molar-refractivity contribution in [2.24, 2.45) is 22.7 Å². The van der Waals surface area contributed by atoms with Gasteiger partial charge in [-0.1, -0.05) is 153 Å². The summed E-state index contributed by atoms with van der Waals surface area (Å²) in [6, 6.07) is 28.4. The Hall–Kier alpha value is -10.5. The summed E-state index contributed by atoms with van der Waals surface area (Å²) < 4.78 is 97.0. The molecule has 0 N–H and O–H groups in total. The number of hydrogen-bond donors (Lipinski definition) is 0. The van der Waals surface area contributed by atoms with Crippen molar-refractivity contribution in [2.45, 2.75) is 208 Å². The average Bonchev–Trinajstić information content (AvgIpc) is 0.777. The Morgan fingerprint density at radius 2 is 0.907 bits per heavy atom. The van der Waals surface area contributed by atoms with Crippen molar-refractivity contribution in [3.05, 3.63) is 179 Å². The molecule has 0 unspecified atom stereocenters. The van der Waals surface area contributed by atoms with Gasteiger partial charge in [-0.25, -0.2) is 32.8 Å². The predicted molar refractivity (Wildman–Crippen MR) is 444 cm³/mol. The van der Waals surface area contributed by atoms with Crippen LogP contribution in [0.1, 0.15) is 217 Å². The van der Waals surface area contributed by atoms with E-state index in [1.807, 2.05) is 37.3 Å². The third-order valence-electron chi connectivity index (χ3n) is 21.8. The number of unbranched alkanes of at least 4 members (excludes halogenated alkanes) is 4. The zero-order chi connectivity index (χ0) is 85.9. The number of benzene rings is 5. The number of ether oxygens (including phenoxy) is 12. The van der Waals surface area contributed by atoms with Crippen LogP contribution >= 0.6 is 0 Å². The maximum Gasteiger partial charge on any atom is 0.508 e. The number of aryl methyl sites for hydroxylation is 3. The van der Waals surface area contributed by atoms with E-state index < -0.39 is 110 Å². The summed E-state index contributed by atoms with van der Waals surface area (Å²) in [6.45, 7) is 24.8. The normalized spacial score (nSPS) is 16.1. The minimum absolute atomic E-state index is 0.00461. The second-order valence-corrected chi connectivity index (χ2v) is 31.8. The van der Waals surface area contributed by atoms with E-state index in [0.717, 1.165) is 61.2 Å². The molecule has 5 aromatic carbocycles. The van der Waals surface area contributed by atoms with Crippen LogP contribution in [0.15, 0.2) is 140 Å². The van der Waals surface area contributed by atoms with Crippen molar-refractivity contribution in [1.29, 1.82) is 0 Å². The van der Waals surface area contributed by atoms with Crippen LogP contribution in [0.25, 0.3) is 33.4 Å². The number of carbonyl (C=O) groups is 9. The molecule has 1 aliphatic heterocycles. The lowest BCUT2D eigenvalue weighted by atomic mass is 9.77. The maximum atomic E-state index is 16.5. The summed E-state index contributed by atoms with van der Waals surface area (Å²) in [6.07, 6.45) is 19.6. The topological polar surface area (TPSA) is 264 Å². The summed E-state index contributed by atoms with van der Waals surface area (Å²) in [5, 5.41) is 0. The predicted octanol–water partition coefficient (Wildman–Crippen LogP) is 19.4. The van der Waals surface area contributed by atoms with Crippen LogP contribution in [0.5, 0.6) is 11.5 Å². The zero-order valence-corrected chi connectivity index (χ0v) is 70.5. The van der Waals surface area contributed by atoms with Gasteiger partial charge in [-0.15, -0.1) is 0 Å². The summed E-state index contributed by atoms with van der Waals surface area (Å²) in [5.74, 6) is -3.45. The Morgan fingerprint density at radius 3 is 1.41 bits per heavy atom. The molecule has 21 nitrogen and oxygen atoms in total. The molecule has 2 saturated carbocycles. The number of esters is 8. The fourth-order valence-corrected chi connectivity index (χ4v) is 14.6. The summed E-state index contributed by atoms with van der Waals surface area (Å²) in [5.41, 5.74) is 6.52. The molecule has 640 valence electrons. The molecule has 23 heteroatoms. The van der Waals surface area contributed by atoms with Gasteiger partial charge >= 0.3 is 53.9 Å². The Labute approximate surface area is 694 Å². The quantitative estimate of drug-likeness (QED) is 0.0115. The fourth-order valence-electron chi connectivity index (χ4n) is 14.6. The SMILES string of the molecule is C=C(C)C(=O)OCCCc1cc(-c2ccc(-c3ccc(C4CCC(CCCCC)CC4)cc3)cc2F)c(CC)cc1OCC(COC(=O)CC(=O)OC)(COC(=O)CC(=O)OC)COC(=O)C(=C)C.C=C(C)C(=O)OCCCc1cc(-c2ccc(C3CCC(CCCCC)CC3)cc2F)ccc1OCC1(COC(=O)C(=C)C)COC(=O)OC1. The lowest BCUT2D eigenvalue weighted by Crippen LogP contribution is -2.47. The summed E-state index contributed by atoms with van der Waals surface area (Å²) in [4.78, 5) is 110. The van der Waals surface area contributed by atoms with Crippen molar-refractivity contribution in [3.63, 3.8) is 0 Å². The van der Waals surface area contributed by atoms with Gasteiger partial charge in [0.05, 0.1) is 27.4 Å². The fraction of sp³-hybridized carbons (Fsp3) is 0.505. The second-order valence-electron chi connectivity index (χ2n) is 31.8. The molecule has 0 radical (unpaired) electrons. The highest BCUT2D eigenvalue weighted by Gasteiger charge is 2.42. The molecular formula is C95H120F2O21. The highest BCUT2D eigenvalue weighted by Crippen LogP contribution is 2.43. The van der Waals surface area contributed by atoms with E-state index in [9.17, 15) is 43.2 Å². The van der Waals surface area contributed by atoms with Crippen LogP contribution in [0, 0.1) is 34.3 Å². The van der Waals surface area contributed by atoms with Gasteiger partial charge in [0.2, 0.25) is 0 Å². The molecule has 0 spiro atoms. The van der Waals surface area contributed by atoms with E-state index in [2.05, 4.69) is 80.0 Å². The van der Waals surface area contributed by atoms with Crippen LogP contribution in [-0.4, -0.2) is 134 Å². The van der Waals surface area contributed by atoms with E-state index in [0.29, 0.717) is 88.0 Å². The molecular weight excluding hydrogens is 1520 g/mol. The second kappa shape index (κ2) is 47.8. The molecule has 0 atom stereocenters. The van der Waals surface area contributed by atoms with Gasteiger partial charge < -0.3 is 56.8 Å². The molecule has 0 aromatic heterocycles. The Balaban J connectivity index is 0.000000345. The summed E-state index contributed by atoms with van der Waals surface area (Å²) >= 11 is 0. The molecule has 118 heavy (non-hydrogen) atoms. The number of methoxy groups -OCH3 is 2. The number of hydrogen-bond acceptors (Lipinski definition) is 21. The zero-order valence-electron chi connectivity index (χ0n) is 70.5. The number of rotatable bonds is 44. The molecule has 0 bridgehead atoms. The van der Waals surface area contributed by atoms with E-state index in [4.69, 9.17) is 47.4 Å². The molecule has 8 rings (SSSR count). The number of carbonyl (C=O) groups excluding carboxylic acids is 9. The largest absolute Gasteiger partial charge is 0.508 e. The van der Waals surface area contributed by atoms with Gasteiger partial charge in [0.25, 0.3) is 0 Å². The third-order valence-corrected chi connectivity index (χ3v) is 21.8. The van der Waals surface area contributed by atoms with Gasteiger partial charge in [0, 0.05) is 33.4 Å². The monoisotopic (exact) mass is 1630 g/mol. The molecule has 0 amide bonds. The highest BCUT2D eigenvalue weighted by atomic mass is 19.1. The van der Waals surface area contributed by atoms with Crippen molar-refractivity contribution in [2.75, 3.05) is 80.3 Å². The van der Waals surface area contributed by atoms with Crippen LogP contribution in [-0.2, 0) is 105 Å². The van der Waals surface area contributed by atoms with Gasteiger partial charge in [-0.3, -0.25) is 19.2 Å². The van der Waals surface area contributed by atoms with E-state index in [1.165, 1.54) is 108 Å². The van der Waals surface area contributed by atoms with Gasteiger partial charge in [0.15, 0.2) is 0 Å². The first-order chi connectivity index (χ1) is 56.5. The minimum Gasteiger partial charge on any atom is -0.492 e. The molecule has 1 saturated heterocycles. The Kier molecular flexibility index (Phi) is 38.4. The van der Waals surface area contributed by atoms with Crippen molar-refractivity contribution in [3.8, 4) is 44.9 Å². The van der Waals surface area contributed by atoms with Crippen molar-refractivity contribution < 1.29 is 109 Å². The average molecular weight is 1640 g/mol. The first-order valence-corrected chi connectivity index (χ1v) is 41.3. The first kappa shape index (κ1) is 94.7. The molecule has 3 aliphatic rings.